The third-order valence-electron chi connectivity index (χ3n) is 7.32. The minimum Gasteiger partial charge on any atom is -0.392 e. The number of nitrogens with zero attached hydrogens (tertiary/aromatic N) is 5. The Balaban J connectivity index is 0.00000289. The molecule has 1 amide bonds. The molecular formula is C27H34ClN5O2. The number of aliphatic hydroxyl groups is 1. The number of piperazine rings is 1. The Bertz CT molecular complexity index is 1250. The van der Waals surface area contributed by atoms with Gasteiger partial charge in [0.2, 0.25) is 0 Å². The average molecular weight is 496 g/mol. The maximum Gasteiger partial charge on any atom is 0.272 e. The van der Waals surface area contributed by atoms with Crippen LogP contribution in [0.2, 0.25) is 0 Å². The lowest BCUT2D eigenvalue weighted by atomic mass is 9.99. The molecule has 4 heterocycles. The van der Waals surface area contributed by atoms with E-state index in [-0.39, 0.29) is 24.9 Å². The number of anilines is 1. The minimum absolute atomic E-state index is 0. The zero-order chi connectivity index (χ0) is 23.8. The number of halogens is 1. The summed E-state index contributed by atoms with van der Waals surface area (Å²) < 4.78 is 2.17. The van der Waals surface area contributed by atoms with Crippen LogP contribution in [-0.2, 0) is 26.1 Å². The van der Waals surface area contributed by atoms with E-state index >= 15 is 0 Å². The first kappa shape index (κ1) is 25.2. The molecule has 0 spiro atoms. The highest BCUT2D eigenvalue weighted by atomic mass is 35.5. The summed E-state index contributed by atoms with van der Waals surface area (Å²) in [5.74, 6) is 0.779. The molecule has 2 aliphatic rings. The molecule has 1 saturated heterocycles. The number of aromatic nitrogens is 2. The van der Waals surface area contributed by atoms with Crippen LogP contribution in [-0.4, -0.2) is 70.1 Å². The van der Waals surface area contributed by atoms with Gasteiger partial charge in [-0.3, -0.25) is 4.79 Å². The van der Waals surface area contributed by atoms with Gasteiger partial charge in [0.05, 0.1) is 12.1 Å². The molecule has 35 heavy (non-hydrogen) atoms. The van der Waals surface area contributed by atoms with Gasteiger partial charge in [-0.2, -0.15) is 0 Å². The van der Waals surface area contributed by atoms with Crippen LogP contribution in [0.4, 0.5) is 5.82 Å². The number of hydrogen-bond donors (Lipinski definition) is 1. The quantitative estimate of drug-likeness (QED) is 0.550. The van der Waals surface area contributed by atoms with E-state index in [9.17, 15) is 9.90 Å². The summed E-state index contributed by atoms with van der Waals surface area (Å²) in [5, 5.41) is 11.2. The van der Waals surface area contributed by atoms with Crippen molar-refractivity contribution >= 4 is 35.0 Å². The van der Waals surface area contributed by atoms with E-state index in [0.29, 0.717) is 25.3 Å². The number of amides is 1. The summed E-state index contributed by atoms with van der Waals surface area (Å²) in [6.07, 6.45) is 2.80. The average Bonchev–Trinajstić information content (AvgIpc) is 3.13. The van der Waals surface area contributed by atoms with Gasteiger partial charge >= 0.3 is 0 Å². The maximum absolute atomic E-state index is 13.5. The predicted molar refractivity (Wildman–Crippen MR) is 142 cm³/mol. The molecule has 186 valence electrons. The Morgan fingerprint density at radius 2 is 1.86 bits per heavy atom. The summed E-state index contributed by atoms with van der Waals surface area (Å²) in [6, 6.07) is 10.4. The molecule has 0 radical (unpaired) electrons. The molecule has 1 N–H and O–H groups in total. The molecule has 0 saturated carbocycles. The zero-order valence-electron chi connectivity index (χ0n) is 20.5. The Hall–Kier alpha value is -2.87. The lowest BCUT2D eigenvalue weighted by Crippen LogP contribution is -2.47. The zero-order valence-corrected chi connectivity index (χ0v) is 21.4. The molecule has 0 bridgehead atoms. The van der Waals surface area contributed by atoms with Crippen molar-refractivity contribution in [2.45, 2.75) is 33.0 Å². The van der Waals surface area contributed by atoms with E-state index in [4.69, 9.17) is 4.98 Å². The number of fused-ring (bicyclic) bond motifs is 2. The second-order valence-corrected chi connectivity index (χ2v) is 9.38. The summed E-state index contributed by atoms with van der Waals surface area (Å²) >= 11 is 0. The molecule has 1 fully saturated rings. The lowest BCUT2D eigenvalue weighted by Gasteiger charge is -2.33. The van der Waals surface area contributed by atoms with Gasteiger partial charge in [-0.1, -0.05) is 30.3 Å². The lowest BCUT2D eigenvalue weighted by molar-refractivity contribution is 0.0658. The summed E-state index contributed by atoms with van der Waals surface area (Å²) in [5.41, 5.74) is 5.92. The fourth-order valence-electron chi connectivity index (χ4n) is 5.28. The molecule has 2 aliphatic heterocycles. The maximum atomic E-state index is 13.5. The van der Waals surface area contributed by atoms with Crippen molar-refractivity contribution in [2.75, 3.05) is 44.7 Å². The standard InChI is InChI=1S/C27H33N5O2.ClH/c1-4-10-32-19(2)23(18-33)22-16-24(27(34)30-14-12-29(3)13-15-30)28-26(25(22)32)31-11-9-20-7-5-6-8-21(20)17-31;/h4-8,16,33H,1,9-15,17-18H2,2-3H3;1H. The largest absolute Gasteiger partial charge is 0.392 e. The second-order valence-electron chi connectivity index (χ2n) is 9.38. The van der Waals surface area contributed by atoms with Crippen LogP contribution >= 0.6 is 12.4 Å². The molecular weight excluding hydrogens is 462 g/mol. The number of hydrogen-bond acceptors (Lipinski definition) is 5. The molecule has 1 aromatic carbocycles. The Morgan fingerprint density at radius 3 is 2.54 bits per heavy atom. The summed E-state index contributed by atoms with van der Waals surface area (Å²) in [4.78, 5) is 25.0. The number of aliphatic hydroxyl groups excluding tert-OH is 1. The van der Waals surface area contributed by atoms with Crippen LogP contribution in [0.1, 0.15) is 32.9 Å². The Kier molecular flexibility index (Phi) is 7.50. The third kappa shape index (κ3) is 4.56. The third-order valence-corrected chi connectivity index (χ3v) is 7.32. The van der Waals surface area contributed by atoms with Crippen LogP contribution in [0.3, 0.4) is 0 Å². The first-order valence-electron chi connectivity index (χ1n) is 12.1. The molecule has 2 aromatic heterocycles. The molecule has 7 nitrogen and oxygen atoms in total. The van der Waals surface area contributed by atoms with E-state index < -0.39 is 0 Å². The number of benzene rings is 1. The van der Waals surface area contributed by atoms with Gasteiger partial charge in [0.15, 0.2) is 5.82 Å². The minimum atomic E-state index is -0.0824. The van der Waals surface area contributed by atoms with Gasteiger partial charge in [0.25, 0.3) is 5.91 Å². The van der Waals surface area contributed by atoms with Gasteiger partial charge in [-0.05, 0) is 37.6 Å². The van der Waals surface area contributed by atoms with Gasteiger partial charge in [0, 0.05) is 62.5 Å². The fourth-order valence-corrected chi connectivity index (χ4v) is 5.28. The van der Waals surface area contributed by atoms with E-state index in [0.717, 1.165) is 60.6 Å². The van der Waals surface area contributed by atoms with E-state index in [1.54, 1.807) is 0 Å². The molecule has 3 aromatic rings. The van der Waals surface area contributed by atoms with Gasteiger partial charge in [-0.25, -0.2) is 4.98 Å². The van der Waals surface area contributed by atoms with Crippen molar-refractivity contribution in [3.63, 3.8) is 0 Å². The second kappa shape index (κ2) is 10.4. The topological polar surface area (TPSA) is 64.8 Å². The smallest absolute Gasteiger partial charge is 0.272 e. The summed E-state index contributed by atoms with van der Waals surface area (Å²) in [6.45, 7) is 11.2. The van der Waals surface area contributed by atoms with Crippen LogP contribution in [0.15, 0.2) is 43.0 Å². The summed E-state index contributed by atoms with van der Waals surface area (Å²) in [7, 11) is 2.08. The van der Waals surface area contributed by atoms with Crippen LogP contribution in [0.5, 0.6) is 0 Å². The number of carbonyl (C=O) groups is 1. The van der Waals surface area contributed by atoms with Crippen molar-refractivity contribution in [2.24, 2.45) is 0 Å². The monoisotopic (exact) mass is 495 g/mol. The van der Waals surface area contributed by atoms with Crippen molar-refractivity contribution < 1.29 is 9.90 Å². The SMILES string of the molecule is C=CCn1c(C)c(CO)c2cc(C(=O)N3CCN(C)CC3)nc(N3CCc4ccccc4C3)c21.Cl. The number of rotatable bonds is 5. The molecule has 0 unspecified atom stereocenters. The van der Waals surface area contributed by atoms with E-state index in [1.807, 2.05) is 24.0 Å². The van der Waals surface area contributed by atoms with Crippen LogP contribution in [0, 0.1) is 6.92 Å². The molecule has 5 rings (SSSR count). The van der Waals surface area contributed by atoms with Crippen molar-refractivity contribution in [1.82, 2.24) is 19.4 Å². The number of carbonyl (C=O) groups excluding carboxylic acids is 1. The van der Waals surface area contributed by atoms with Gasteiger partial charge < -0.3 is 24.4 Å². The number of likely N-dealkylation sites (N-methyl/N-ethyl adjacent to an activating group) is 1. The highest BCUT2D eigenvalue weighted by molar-refractivity contribution is 6.01. The normalized spacial score (nSPS) is 16.2. The van der Waals surface area contributed by atoms with Gasteiger partial charge in [0.1, 0.15) is 5.69 Å². The molecule has 8 heteroatoms. The van der Waals surface area contributed by atoms with Crippen molar-refractivity contribution in [3.8, 4) is 0 Å². The highest BCUT2D eigenvalue weighted by Gasteiger charge is 2.28. The molecule has 0 aliphatic carbocycles. The van der Waals surface area contributed by atoms with Crippen molar-refractivity contribution in [3.05, 3.63) is 71.1 Å². The van der Waals surface area contributed by atoms with E-state index in [2.05, 4.69) is 52.3 Å². The molecule has 0 atom stereocenters. The van der Waals surface area contributed by atoms with Crippen molar-refractivity contribution in [1.29, 1.82) is 0 Å². The predicted octanol–water partition coefficient (Wildman–Crippen LogP) is 3.40. The van der Waals surface area contributed by atoms with Crippen LogP contribution in [0.25, 0.3) is 10.9 Å². The van der Waals surface area contributed by atoms with Crippen LogP contribution < -0.4 is 4.90 Å². The van der Waals surface area contributed by atoms with Gasteiger partial charge in [-0.15, -0.1) is 19.0 Å². The van der Waals surface area contributed by atoms with E-state index in [1.165, 1.54) is 11.1 Å². The first-order chi connectivity index (χ1) is 16.5. The number of allylic oxidation sites excluding steroid dienone is 1. The fraction of sp³-hybridized carbons (Fsp3) is 0.407. The first-order valence-corrected chi connectivity index (χ1v) is 12.1. The Labute approximate surface area is 213 Å². The number of pyridine rings is 1. The Morgan fingerprint density at radius 1 is 1.14 bits per heavy atom. The highest BCUT2D eigenvalue weighted by Crippen LogP contribution is 2.35.